The molecule has 21 heavy (non-hydrogen) atoms. The van der Waals surface area contributed by atoms with Crippen molar-refractivity contribution in [3.8, 4) is 0 Å². The molecule has 3 nitrogen and oxygen atoms in total. The molecular weight excluding hydrogens is 264 g/mol. The molecule has 1 N–H and O–H groups in total. The van der Waals surface area contributed by atoms with Crippen LogP contribution in [0.3, 0.4) is 0 Å². The third kappa shape index (κ3) is 3.50. The molecule has 1 aliphatic heterocycles. The van der Waals surface area contributed by atoms with Crippen molar-refractivity contribution >= 4 is 0 Å². The van der Waals surface area contributed by atoms with Gasteiger partial charge in [-0.1, -0.05) is 60.7 Å². The lowest BCUT2D eigenvalue weighted by atomic mass is 9.98. The van der Waals surface area contributed by atoms with Crippen LogP contribution in [0.2, 0.25) is 0 Å². The molecule has 2 aromatic carbocycles. The molecule has 110 valence electrons. The fourth-order valence-electron chi connectivity index (χ4n) is 2.77. The number of ether oxygens (including phenoxy) is 2. The first kappa shape index (κ1) is 14.3. The Morgan fingerprint density at radius 1 is 0.905 bits per heavy atom. The van der Waals surface area contributed by atoms with Crippen LogP contribution in [0, 0.1) is 0 Å². The molecule has 0 bridgehead atoms. The summed E-state index contributed by atoms with van der Waals surface area (Å²) in [6.07, 6.45) is 1.12. The van der Waals surface area contributed by atoms with Crippen LogP contribution in [-0.4, -0.2) is 30.2 Å². The van der Waals surface area contributed by atoms with E-state index >= 15 is 0 Å². The van der Waals surface area contributed by atoms with E-state index in [4.69, 9.17) is 9.47 Å². The number of hydrogen-bond acceptors (Lipinski definition) is 3. The Kier molecular flexibility index (Phi) is 4.34. The first-order valence-electron chi connectivity index (χ1n) is 7.30. The fourth-order valence-corrected chi connectivity index (χ4v) is 2.77. The molecule has 1 fully saturated rings. The molecule has 1 saturated heterocycles. The molecule has 0 saturated carbocycles. The van der Waals surface area contributed by atoms with Gasteiger partial charge < -0.3 is 14.6 Å². The molecule has 0 spiro atoms. The minimum Gasteiger partial charge on any atom is -0.394 e. The lowest BCUT2D eigenvalue weighted by Crippen LogP contribution is -2.36. The number of rotatable bonds is 5. The van der Waals surface area contributed by atoms with E-state index in [1.165, 1.54) is 11.1 Å². The van der Waals surface area contributed by atoms with E-state index in [1.807, 2.05) is 36.4 Å². The van der Waals surface area contributed by atoms with Gasteiger partial charge in [0, 0.05) is 12.8 Å². The molecular formula is C18H20O3. The Labute approximate surface area is 125 Å². The molecule has 1 aliphatic rings. The third-order valence-electron chi connectivity index (χ3n) is 3.75. The summed E-state index contributed by atoms with van der Waals surface area (Å²) < 4.78 is 12.0. The largest absolute Gasteiger partial charge is 0.394 e. The van der Waals surface area contributed by atoms with Crippen molar-refractivity contribution in [2.45, 2.75) is 24.7 Å². The van der Waals surface area contributed by atoms with Crippen LogP contribution in [-0.2, 0) is 22.3 Å². The summed E-state index contributed by atoms with van der Waals surface area (Å²) in [5.41, 5.74) is 2.35. The van der Waals surface area contributed by atoms with Gasteiger partial charge in [0.25, 0.3) is 0 Å². The van der Waals surface area contributed by atoms with Crippen LogP contribution in [0.25, 0.3) is 0 Å². The highest BCUT2D eigenvalue weighted by Crippen LogP contribution is 2.31. The third-order valence-corrected chi connectivity index (χ3v) is 3.75. The minimum absolute atomic E-state index is 0.00860. The monoisotopic (exact) mass is 284 g/mol. The maximum absolute atomic E-state index is 9.33. The van der Waals surface area contributed by atoms with Crippen molar-refractivity contribution in [3.63, 3.8) is 0 Å². The molecule has 3 heteroatoms. The predicted molar refractivity (Wildman–Crippen MR) is 80.9 cm³/mol. The molecule has 0 radical (unpaired) electrons. The Morgan fingerprint density at radius 2 is 1.43 bits per heavy atom. The first-order valence-corrected chi connectivity index (χ1v) is 7.30. The molecule has 0 amide bonds. The summed E-state index contributed by atoms with van der Waals surface area (Å²) in [5.74, 6) is -0.684. The molecule has 1 atom stereocenters. The van der Waals surface area contributed by atoms with Crippen molar-refractivity contribution < 1.29 is 14.6 Å². The zero-order valence-electron chi connectivity index (χ0n) is 11.9. The lowest BCUT2D eigenvalue weighted by molar-refractivity contribution is -0.169. The highest BCUT2D eigenvalue weighted by atomic mass is 16.7. The number of aliphatic hydroxyl groups is 1. The standard InChI is InChI=1S/C18H20O3/c19-13-17-14-20-18(21-17,11-15-7-3-1-4-8-15)12-16-9-5-2-6-10-16/h1-10,17,19H,11-14H2. The summed E-state index contributed by atoms with van der Waals surface area (Å²) in [4.78, 5) is 0. The normalized spacial score (nSPS) is 20.5. The average molecular weight is 284 g/mol. The summed E-state index contributed by atoms with van der Waals surface area (Å²) >= 11 is 0. The molecule has 3 rings (SSSR count). The van der Waals surface area contributed by atoms with E-state index in [-0.39, 0.29) is 12.7 Å². The second-order valence-corrected chi connectivity index (χ2v) is 5.47. The Bertz CT molecular complexity index is 512. The Balaban J connectivity index is 1.82. The SMILES string of the molecule is OCC1COC(Cc2ccccc2)(Cc2ccccc2)O1. The predicted octanol–water partition coefficient (Wildman–Crippen LogP) is 2.58. The van der Waals surface area contributed by atoms with Gasteiger partial charge in [-0.2, -0.15) is 0 Å². The highest BCUT2D eigenvalue weighted by Gasteiger charge is 2.41. The van der Waals surface area contributed by atoms with Crippen LogP contribution < -0.4 is 0 Å². The van der Waals surface area contributed by atoms with E-state index in [0.29, 0.717) is 19.4 Å². The van der Waals surface area contributed by atoms with Crippen LogP contribution >= 0.6 is 0 Å². The number of benzene rings is 2. The van der Waals surface area contributed by atoms with E-state index in [9.17, 15) is 5.11 Å². The van der Waals surface area contributed by atoms with Crippen molar-refractivity contribution in [1.29, 1.82) is 0 Å². The zero-order valence-corrected chi connectivity index (χ0v) is 11.9. The fraction of sp³-hybridized carbons (Fsp3) is 0.333. The van der Waals surface area contributed by atoms with E-state index < -0.39 is 5.79 Å². The van der Waals surface area contributed by atoms with Gasteiger partial charge in [-0.05, 0) is 11.1 Å². The van der Waals surface area contributed by atoms with Crippen molar-refractivity contribution in [3.05, 3.63) is 71.8 Å². The smallest absolute Gasteiger partial charge is 0.176 e. The maximum Gasteiger partial charge on any atom is 0.176 e. The number of hydrogen-bond donors (Lipinski definition) is 1. The highest BCUT2D eigenvalue weighted by molar-refractivity contribution is 5.21. The first-order chi connectivity index (χ1) is 10.3. The van der Waals surface area contributed by atoms with Gasteiger partial charge in [0.15, 0.2) is 5.79 Å². The quantitative estimate of drug-likeness (QED) is 0.917. The summed E-state index contributed by atoms with van der Waals surface area (Å²) in [5, 5.41) is 9.33. The molecule has 0 aliphatic carbocycles. The topological polar surface area (TPSA) is 38.7 Å². The lowest BCUT2D eigenvalue weighted by Gasteiger charge is -2.28. The van der Waals surface area contributed by atoms with E-state index in [1.54, 1.807) is 0 Å². The molecule has 0 aromatic heterocycles. The second kappa shape index (κ2) is 6.39. The van der Waals surface area contributed by atoms with Gasteiger partial charge in [-0.3, -0.25) is 0 Å². The van der Waals surface area contributed by atoms with E-state index in [2.05, 4.69) is 24.3 Å². The Morgan fingerprint density at radius 3 is 1.86 bits per heavy atom. The van der Waals surface area contributed by atoms with Gasteiger partial charge in [0.05, 0.1) is 13.2 Å². The van der Waals surface area contributed by atoms with Crippen LogP contribution in [0.1, 0.15) is 11.1 Å². The van der Waals surface area contributed by atoms with Crippen LogP contribution in [0.5, 0.6) is 0 Å². The summed E-state index contributed by atoms with van der Waals surface area (Å²) in [7, 11) is 0. The van der Waals surface area contributed by atoms with Crippen LogP contribution in [0.15, 0.2) is 60.7 Å². The average Bonchev–Trinajstić information content (AvgIpc) is 2.92. The zero-order chi connectivity index (χ0) is 14.5. The van der Waals surface area contributed by atoms with E-state index in [0.717, 1.165) is 0 Å². The van der Waals surface area contributed by atoms with Gasteiger partial charge >= 0.3 is 0 Å². The Hall–Kier alpha value is -1.68. The van der Waals surface area contributed by atoms with Gasteiger partial charge in [-0.25, -0.2) is 0 Å². The van der Waals surface area contributed by atoms with Crippen molar-refractivity contribution in [2.75, 3.05) is 13.2 Å². The molecule has 1 unspecified atom stereocenters. The van der Waals surface area contributed by atoms with Gasteiger partial charge in [0.2, 0.25) is 0 Å². The molecule has 1 heterocycles. The van der Waals surface area contributed by atoms with Gasteiger partial charge in [0.1, 0.15) is 6.10 Å². The van der Waals surface area contributed by atoms with Crippen LogP contribution in [0.4, 0.5) is 0 Å². The van der Waals surface area contributed by atoms with Crippen molar-refractivity contribution in [2.24, 2.45) is 0 Å². The second-order valence-electron chi connectivity index (χ2n) is 5.47. The summed E-state index contributed by atoms with van der Waals surface area (Å²) in [6, 6.07) is 20.4. The maximum atomic E-state index is 9.33. The summed E-state index contributed by atoms with van der Waals surface area (Å²) in [6.45, 7) is 0.432. The minimum atomic E-state index is -0.684. The van der Waals surface area contributed by atoms with Gasteiger partial charge in [-0.15, -0.1) is 0 Å². The number of aliphatic hydroxyl groups excluding tert-OH is 1. The van der Waals surface area contributed by atoms with Crippen molar-refractivity contribution in [1.82, 2.24) is 0 Å². The molecule has 2 aromatic rings.